The van der Waals surface area contributed by atoms with Crippen LogP contribution in [0.5, 0.6) is 0 Å². The van der Waals surface area contributed by atoms with Crippen LogP contribution in [0.15, 0.2) is 18.2 Å². The molecule has 1 fully saturated rings. The summed E-state index contributed by atoms with van der Waals surface area (Å²) in [6, 6.07) is 4.23. The Labute approximate surface area is 146 Å². The number of hydrogen-bond donors (Lipinski definition) is 1. The second-order valence-corrected chi connectivity index (χ2v) is 6.45. The van der Waals surface area contributed by atoms with Crippen LogP contribution in [0.1, 0.15) is 53.3 Å². The van der Waals surface area contributed by atoms with E-state index >= 15 is 0 Å². The van der Waals surface area contributed by atoms with Crippen LogP contribution in [0.2, 0.25) is 0 Å². The number of benzene rings is 1. The molecule has 0 spiro atoms. The number of hydrogen-bond acceptors (Lipinski definition) is 5. The van der Waals surface area contributed by atoms with Gasteiger partial charge < -0.3 is 4.90 Å². The lowest BCUT2D eigenvalue weighted by molar-refractivity contribution is -0.136. The van der Waals surface area contributed by atoms with Gasteiger partial charge in [0.15, 0.2) is 0 Å². The monoisotopic (exact) mass is 343 g/mol. The maximum Gasteiger partial charge on any atom is 0.262 e. The minimum absolute atomic E-state index is 0.120. The molecule has 3 rings (SSSR count). The summed E-state index contributed by atoms with van der Waals surface area (Å²) in [6.07, 6.45) is 2.38. The van der Waals surface area contributed by atoms with Gasteiger partial charge in [0, 0.05) is 25.7 Å². The van der Waals surface area contributed by atoms with Crippen molar-refractivity contribution in [1.82, 2.24) is 10.2 Å². The molecule has 1 unspecified atom stereocenters. The zero-order chi connectivity index (χ0) is 18.1. The second kappa shape index (κ2) is 6.66. The highest BCUT2D eigenvalue weighted by Crippen LogP contribution is 2.30. The Bertz CT molecular complexity index is 759. The molecule has 132 valence electrons. The molecular formula is C18H21N3O4. The quantitative estimate of drug-likeness (QED) is 0.815. The second-order valence-electron chi connectivity index (χ2n) is 6.45. The van der Waals surface area contributed by atoms with Crippen molar-refractivity contribution in [2.24, 2.45) is 0 Å². The van der Waals surface area contributed by atoms with Crippen LogP contribution < -0.4 is 10.2 Å². The van der Waals surface area contributed by atoms with Crippen molar-refractivity contribution in [2.75, 3.05) is 18.5 Å². The van der Waals surface area contributed by atoms with E-state index < -0.39 is 23.8 Å². The average molecular weight is 343 g/mol. The number of rotatable bonds is 5. The van der Waals surface area contributed by atoms with Crippen LogP contribution in [-0.2, 0) is 9.59 Å². The predicted molar refractivity (Wildman–Crippen MR) is 91.3 cm³/mol. The molecule has 0 aromatic heterocycles. The number of piperidine rings is 1. The third-order valence-corrected chi connectivity index (χ3v) is 4.71. The zero-order valence-corrected chi connectivity index (χ0v) is 14.4. The van der Waals surface area contributed by atoms with Crippen molar-refractivity contribution in [1.29, 1.82) is 0 Å². The van der Waals surface area contributed by atoms with Gasteiger partial charge in [-0.2, -0.15) is 0 Å². The number of fused-ring (bicyclic) bond motifs is 1. The Balaban J connectivity index is 1.86. The van der Waals surface area contributed by atoms with Gasteiger partial charge in [0.2, 0.25) is 11.8 Å². The lowest BCUT2D eigenvalue weighted by Crippen LogP contribution is -2.54. The number of unbranched alkanes of at least 4 members (excludes halogenated alkanes) is 1. The number of carbonyl (C=O) groups excluding carboxylic acids is 4. The van der Waals surface area contributed by atoms with Crippen molar-refractivity contribution in [3.63, 3.8) is 0 Å². The first-order chi connectivity index (χ1) is 11.9. The van der Waals surface area contributed by atoms with Gasteiger partial charge in [0.05, 0.1) is 11.1 Å². The first-order valence-corrected chi connectivity index (χ1v) is 8.50. The van der Waals surface area contributed by atoms with Crippen molar-refractivity contribution >= 4 is 29.3 Å². The summed E-state index contributed by atoms with van der Waals surface area (Å²) < 4.78 is 0. The summed E-state index contributed by atoms with van der Waals surface area (Å²) in [6.45, 7) is 2.96. The summed E-state index contributed by atoms with van der Waals surface area (Å²) in [5.41, 5.74) is 1.48. The molecule has 2 heterocycles. The number of nitrogens with zero attached hydrogens (tertiary/aromatic N) is 2. The summed E-state index contributed by atoms with van der Waals surface area (Å²) in [4.78, 5) is 51.7. The van der Waals surface area contributed by atoms with E-state index in [1.54, 1.807) is 12.1 Å². The van der Waals surface area contributed by atoms with Crippen LogP contribution in [0.3, 0.4) is 0 Å². The molecule has 1 aromatic carbocycles. The highest BCUT2D eigenvalue weighted by molar-refractivity contribution is 6.23. The Morgan fingerprint density at radius 3 is 2.56 bits per heavy atom. The molecule has 0 aliphatic carbocycles. The smallest absolute Gasteiger partial charge is 0.262 e. The standard InChI is InChI=1S/C18H21N3O4/c1-3-4-9-20(2)11-5-6-12-13(10-11)18(25)21(17(12)24)14-7-8-15(22)19-16(14)23/h5-6,10,14H,3-4,7-9H2,1-2H3,(H,19,22,23). The average Bonchev–Trinajstić information content (AvgIpc) is 2.84. The van der Waals surface area contributed by atoms with E-state index in [4.69, 9.17) is 0 Å². The highest BCUT2D eigenvalue weighted by atomic mass is 16.2. The molecule has 25 heavy (non-hydrogen) atoms. The van der Waals surface area contributed by atoms with Crippen LogP contribution in [-0.4, -0.2) is 48.2 Å². The topological polar surface area (TPSA) is 86.8 Å². The summed E-state index contributed by atoms with van der Waals surface area (Å²) >= 11 is 0. The van der Waals surface area contributed by atoms with Gasteiger partial charge in [0.25, 0.3) is 11.8 Å². The molecular weight excluding hydrogens is 322 g/mol. The van der Waals surface area contributed by atoms with Crippen LogP contribution in [0, 0.1) is 0 Å². The summed E-state index contributed by atoms with van der Waals surface area (Å²) in [7, 11) is 1.94. The third kappa shape index (κ3) is 3.01. The number of nitrogens with one attached hydrogen (secondary N) is 1. The zero-order valence-electron chi connectivity index (χ0n) is 14.4. The van der Waals surface area contributed by atoms with Gasteiger partial charge in [-0.1, -0.05) is 13.3 Å². The molecule has 1 saturated heterocycles. The maximum absolute atomic E-state index is 12.7. The summed E-state index contributed by atoms with van der Waals surface area (Å²) in [5, 5.41) is 2.19. The molecule has 1 aromatic rings. The normalized spacial score (nSPS) is 19.9. The van der Waals surface area contributed by atoms with Crippen LogP contribution in [0.25, 0.3) is 0 Å². The van der Waals surface area contributed by atoms with Gasteiger partial charge in [-0.05, 0) is 31.0 Å². The van der Waals surface area contributed by atoms with E-state index in [0.717, 1.165) is 30.0 Å². The Morgan fingerprint density at radius 1 is 1.16 bits per heavy atom. The molecule has 0 radical (unpaired) electrons. The molecule has 2 aliphatic rings. The van der Waals surface area contributed by atoms with Gasteiger partial charge in [-0.3, -0.25) is 29.4 Å². The Morgan fingerprint density at radius 2 is 1.88 bits per heavy atom. The largest absolute Gasteiger partial charge is 0.375 e. The first-order valence-electron chi connectivity index (χ1n) is 8.50. The highest BCUT2D eigenvalue weighted by Gasteiger charge is 2.44. The van der Waals surface area contributed by atoms with E-state index in [-0.39, 0.29) is 18.7 Å². The van der Waals surface area contributed by atoms with Crippen LogP contribution in [0.4, 0.5) is 5.69 Å². The number of amides is 4. The number of carbonyl (C=O) groups is 4. The molecule has 1 N–H and O–H groups in total. The first kappa shape index (κ1) is 17.1. The Hall–Kier alpha value is -2.70. The fourth-order valence-corrected chi connectivity index (χ4v) is 3.22. The molecule has 0 saturated carbocycles. The SMILES string of the molecule is CCCCN(C)c1ccc2c(c1)C(=O)N(C1CCC(=O)NC1=O)C2=O. The van der Waals surface area contributed by atoms with Crippen molar-refractivity contribution in [2.45, 2.75) is 38.6 Å². The minimum atomic E-state index is -0.925. The van der Waals surface area contributed by atoms with E-state index in [1.807, 2.05) is 18.0 Å². The van der Waals surface area contributed by atoms with Gasteiger partial charge >= 0.3 is 0 Å². The molecule has 7 nitrogen and oxygen atoms in total. The van der Waals surface area contributed by atoms with E-state index in [9.17, 15) is 19.2 Å². The van der Waals surface area contributed by atoms with Gasteiger partial charge in [0.1, 0.15) is 6.04 Å². The Kier molecular flexibility index (Phi) is 4.57. The van der Waals surface area contributed by atoms with E-state index in [2.05, 4.69) is 12.2 Å². The number of anilines is 1. The molecule has 4 amide bonds. The van der Waals surface area contributed by atoms with E-state index in [1.165, 1.54) is 0 Å². The summed E-state index contributed by atoms with van der Waals surface area (Å²) in [5.74, 6) is -1.92. The molecule has 0 bridgehead atoms. The van der Waals surface area contributed by atoms with Crippen LogP contribution >= 0.6 is 0 Å². The number of imide groups is 2. The maximum atomic E-state index is 12.7. The van der Waals surface area contributed by atoms with Gasteiger partial charge in [-0.15, -0.1) is 0 Å². The lowest BCUT2D eigenvalue weighted by Gasteiger charge is -2.27. The fourth-order valence-electron chi connectivity index (χ4n) is 3.22. The van der Waals surface area contributed by atoms with Crippen molar-refractivity contribution in [3.8, 4) is 0 Å². The van der Waals surface area contributed by atoms with Gasteiger partial charge in [-0.25, -0.2) is 0 Å². The molecule has 1 atom stereocenters. The fraction of sp³-hybridized carbons (Fsp3) is 0.444. The van der Waals surface area contributed by atoms with E-state index in [0.29, 0.717) is 11.1 Å². The minimum Gasteiger partial charge on any atom is -0.375 e. The molecule has 2 aliphatic heterocycles. The molecule has 7 heteroatoms. The van der Waals surface area contributed by atoms with Crippen molar-refractivity contribution < 1.29 is 19.2 Å². The lowest BCUT2D eigenvalue weighted by atomic mass is 10.0. The third-order valence-electron chi connectivity index (χ3n) is 4.71. The van der Waals surface area contributed by atoms with Crippen molar-refractivity contribution in [3.05, 3.63) is 29.3 Å². The predicted octanol–water partition coefficient (Wildman–Crippen LogP) is 1.32.